The molecular weight excluding hydrogens is 394 g/mol. The van der Waals surface area contributed by atoms with Crippen LogP contribution in [0.2, 0.25) is 10.0 Å². The van der Waals surface area contributed by atoms with Crippen molar-refractivity contribution < 1.29 is 18.7 Å². The van der Waals surface area contributed by atoms with Gasteiger partial charge in [0.05, 0.1) is 5.02 Å². The van der Waals surface area contributed by atoms with Crippen molar-refractivity contribution in [3.05, 3.63) is 58.3 Å². The Balaban J connectivity index is 1.46. The van der Waals surface area contributed by atoms with Crippen LogP contribution in [0.3, 0.4) is 0 Å². The second-order valence-corrected chi connectivity index (χ2v) is 7.06. The van der Waals surface area contributed by atoms with Crippen molar-refractivity contribution in [2.45, 2.75) is 6.42 Å². The van der Waals surface area contributed by atoms with E-state index in [0.29, 0.717) is 41.0 Å². The first-order valence-electron chi connectivity index (χ1n) is 8.33. The second kappa shape index (κ2) is 8.59. The van der Waals surface area contributed by atoms with Crippen molar-refractivity contribution in [3.63, 3.8) is 0 Å². The molecule has 0 bridgehead atoms. The molecule has 1 fully saturated rings. The van der Waals surface area contributed by atoms with Gasteiger partial charge < -0.3 is 15.0 Å². The highest BCUT2D eigenvalue weighted by molar-refractivity contribution is 6.35. The molecule has 0 unspecified atom stereocenters. The fourth-order valence-corrected chi connectivity index (χ4v) is 3.30. The van der Waals surface area contributed by atoms with Gasteiger partial charge in [0.1, 0.15) is 11.6 Å². The van der Waals surface area contributed by atoms with E-state index in [1.807, 2.05) is 0 Å². The van der Waals surface area contributed by atoms with Crippen LogP contribution >= 0.6 is 23.2 Å². The van der Waals surface area contributed by atoms with Crippen LogP contribution in [-0.4, -0.2) is 31.5 Å². The maximum atomic E-state index is 13.0. The van der Waals surface area contributed by atoms with E-state index in [9.17, 15) is 14.0 Å². The third-order valence-electron chi connectivity index (χ3n) is 4.18. The third kappa shape index (κ3) is 5.11. The molecule has 8 heteroatoms. The number of halogens is 3. The fourth-order valence-electron chi connectivity index (χ4n) is 2.83. The molecule has 0 radical (unpaired) electrons. The minimum Gasteiger partial charge on any atom is -0.482 e. The summed E-state index contributed by atoms with van der Waals surface area (Å²) in [5.41, 5.74) is 0.649. The second-order valence-electron chi connectivity index (χ2n) is 6.22. The average Bonchev–Trinajstić information content (AvgIpc) is 3.00. The Morgan fingerprint density at radius 1 is 1.22 bits per heavy atom. The van der Waals surface area contributed by atoms with E-state index in [4.69, 9.17) is 27.9 Å². The number of nitrogens with one attached hydrogen (secondary N) is 1. The van der Waals surface area contributed by atoms with Gasteiger partial charge in [-0.3, -0.25) is 9.59 Å². The van der Waals surface area contributed by atoms with Gasteiger partial charge in [0.25, 0.3) is 5.91 Å². The summed E-state index contributed by atoms with van der Waals surface area (Å²) in [5, 5.41) is 3.56. The molecule has 2 aromatic carbocycles. The van der Waals surface area contributed by atoms with Gasteiger partial charge in [-0.2, -0.15) is 0 Å². The van der Waals surface area contributed by atoms with E-state index in [-0.39, 0.29) is 30.2 Å². The Kier molecular flexibility index (Phi) is 6.19. The van der Waals surface area contributed by atoms with Crippen LogP contribution < -0.4 is 15.0 Å². The number of ether oxygens (including phenoxy) is 1. The Hall–Kier alpha value is -2.31. The summed E-state index contributed by atoms with van der Waals surface area (Å²) in [6.07, 6.45) is 0.321. The van der Waals surface area contributed by atoms with Gasteiger partial charge >= 0.3 is 0 Å². The zero-order valence-electron chi connectivity index (χ0n) is 14.3. The average molecular weight is 411 g/mol. The SMILES string of the molecule is O=C(COc1ccc(Cl)cc1Cl)NC[C@H]1CC(=O)N(c2ccc(F)cc2)C1. The van der Waals surface area contributed by atoms with Gasteiger partial charge in [-0.15, -0.1) is 0 Å². The van der Waals surface area contributed by atoms with Crippen LogP contribution in [0.4, 0.5) is 10.1 Å². The van der Waals surface area contributed by atoms with Gasteiger partial charge in [-0.1, -0.05) is 23.2 Å². The summed E-state index contributed by atoms with van der Waals surface area (Å²) >= 11 is 11.8. The summed E-state index contributed by atoms with van der Waals surface area (Å²) in [5.74, 6) is -0.367. The summed E-state index contributed by atoms with van der Waals surface area (Å²) in [6, 6.07) is 10.5. The van der Waals surface area contributed by atoms with Crippen LogP contribution in [0.5, 0.6) is 5.75 Å². The molecule has 0 aliphatic carbocycles. The number of carbonyl (C=O) groups excluding carboxylic acids is 2. The summed E-state index contributed by atoms with van der Waals surface area (Å²) < 4.78 is 18.4. The number of hydrogen-bond acceptors (Lipinski definition) is 3. The van der Waals surface area contributed by atoms with E-state index < -0.39 is 0 Å². The molecule has 3 rings (SSSR count). The molecule has 5 nitrogen and oxygen atoms in total. The predicted molar refractivity (Wildman–Crippen MR) is 102 cm³/mol. The van der Waals surface area contributed by atoms with Crippen LogP contribution in [0.25, 0.3) is 0 Å². The molecule has 0 spiro atoms. The Bertz CT molecular complexity index is 845. The fraction of sp³-hybridized carbons (Fsp3) is 0.263. The van der Waals surface area contributed by atoms with E-state index in [2.05, 4.69) is 5.32 Å². The van der Waals surface area contributed by atoms with Crippen LogP contribution in [0, 0.1) is 11.7 Å². The lowest BCUT2D eigenvalue weighted by atomic mass is 10.1. The van der Waals surface area contributed by atoms with Gasteiger partial charge in [0, 0.05) is 36.1 Å². The highest BCUT2D eigenvalue weighted by Crippen LogP contribution is 2.27. The molecule has 2 aromatic rings. The molecule has 0 aromatic heterocycles. The lowest BCUT2D eigenvalue weighted by molar-refractivity contribution is -0.123. The van der Waals surface area contributed by atoms with E-state index in [0.717, 1.165) is 0 Å². The number of amides is 2. The Morgan fingerprint density at radius 2 is 1.96 bits per heavy atom. The zero-order valence-corrected chi connectivity index (χ0v) is 15.8. The maximum absolute atomic E-state index is 13.0. The summed E-state index contributed by atoms with van der Waals surface area (Å²) in [7, 11) is 0. The minimum atomic E-state index is -0.352. The van der Waals surface area contributed by atoms with Crippen LogP contribution in [-0.2, 0) is 9.59 Å². The van der Waals surface area contributed by atoms with Crippen LogP contribution in [0.1, 0.15) is 6.42 Å². The number of hydrogen-bond donors (Lipinski definition) is 1. The molecule has 142 valence electrons. The molecule has 1 N–H and O–H groups in total. The van der Waals surface area contributed by atoms with E-state index in [1.165, 1.54) is 18.2 Å². The lowest BCUT2D eigenvalue weighted by Gasteiger charge is -2.17. The molecule has 2 amide bonds. The van der Waals surface area contributed by atoms with Gasteiger partial charge in [-0.25, -0.2) is 4.39 Å². The molecule has 1 atom stereocenters. The standard InChI is InChI=1S/C19H17Cl2FN2O3/c20-13-1-6-17(16(21)8-13)27-11-18(25)23-9-12-7-19(26)24(10-12)15-4-2-14(22)3-5-15/h1-6,8,12H,7,9-11H2,(H,23,25)/t12-/m1/s1. The maximum Gasteiger partial charge on any atom is 0.257 e. The topological polar surface area (TPSA) is 58.6 Å². The molecule has 1 saturated heterocycles. The van der Waals surface area contributed by atoms with Crippen molar-refractivity contribution in [2.24, 2.45) is 5.92 Å². The minimum absolute atomic E-state index is 0.0226. The van der Waals surface area contributed by atoms with Gasteiger partial charge in [0.15, 0.2) is 6.61 Å². The molecule has 1 aliphatic heterocycles. The molecule has 1 heterocycles. The third-order valence-corrected chi connectivity index (χ3v) is 4.71. The highest BCUT2D eigenvalue weighted by atomic mass is 35.5. The van der Waals surface area contributed by atoms with E-state index in [1.54, 1.807) is 29.2 Å². The number of benzene rings is 2. The number of carbonyl (C=O) groups is 2. The molecule has 27 heavy (non-hydrogen) atoms. The molecule has 0 saturated carbocycles. The number of nitrogens with zero attached hydrogens (tertiary/aromatic N) is 1. The Labute approximate surface area is 166 Å². The first kappa shape index (κ1) is 19.5. The number of anilines is 1. The smallest absolute Gasteiger partial charge is 0.257 e. The van der Waals surface area contributed by atoms with Crippen molar-refractivity contribution in [3.8, 4) is 5.75 Å². The van der Waals surface area contributed by atoms with Crippen molar-refractivity contribution in [1.82, 2.24) is 5.32 Å². The van der Waals surface area contributed by atoms with Gasteiger partial charge in [0.2, 0.25) is 5.91 Å². The zero-order chi connectivity index (χ0) is 19.4. The van der Waals surface area contributed by atoms with Crippen molar-refractivity contribution >= 4 is 40.7 Å². The highest BCUT2D eigenvalue weighted by Gasteiger charge is 2.30. The quantitative estimate of drug-likeness (QED) is 0.789. The Morgan fingerprint density at radius 3 is 2.67 bits per heavy atom. The largest absolute Gasteiger partial charge is 0.482 e. The lowest BCUT2D eigenvalue weighted by Crippen LogP contribution is -2.34. The van der Waals surface area contributed by atoms with Gasteiger partial charge in [-0.05, 0) is 42.5 Å². The first-order chi connectivity index (χ1) is 12.9. The normalized spacial score (nSPS) is 16.5. The first-order valence-corrected chi connectivity index (χ1v) is 9.08. The van der Waals surface area contributed by atoms with Crippen molar-refractivity contribution in [1.29, 1.82) is 0 Å². The molecule has 1 aliphatic rings. The summed E-state index contributed by atoms with van der Waals surface area (Å²) in [4.78, 5) is 25.7. The predicted octanol–water partition coefficient (Wildman–Crippen LogP) is 3.68. The van der Waals surface area contributed by atoms with Crippen LogP contribution in [0.15, 0.2) is 42.5 Å². The monoisotopic (exact) mass is 410 g/mol. The van der Waals surface area contributed by atoms with Crippen molar-refractivity contribution in [2.75, 3.05) is 24.6 Å². The van der Waals surface area contributed by atoms with E-state index >= 15 is 0 Å². The summed E-state index contributed by atoms with van der Waals surface area (Å²) in [6.45, 7) is 0.623. The number of rotatable bonds is 6. The molecular formula is C19H17Cl2FN2O3.